The van der Waals surface area contributed by atoms with Gasteiger partial charge in [0.25, 0.3) is 5.91 Å². The molecule has 1 amide bonds. The fraction of sp³-hybridized carbons (Fsp3) is 0.600. The van der Waals surface area contributed by atoms with Crippen LogP contribution < -0.4 is 4.90 Å². The van der Waals surface area contributed by atoms with Gasteiger partial charge in [-0.05, 0) is 39.5 Å². The fourth-order valence-corrected chi connectivity index (χ4v) is 4.17. The van der Waals surface area contributed by atoms with Crippen molar-refractivity contribution in [3.63, 3.8) is 0 Å². The summed E-state index contributed by atoms with van der Waals surface area (Å²) in [4.78, 5) is 30.4. The Morgan fingerprint density at radius 3 is 2.74 bits per heavy atom. The van der Waals surface area contributed by atoms with Crippen molar-refractivity contribution in [3.8, 4) is 0 Å². The van der Waals surface area contributed by atoms with Gasteiger partial charge in [0.05, 0.1) is 12.4 Å². The molecule has 0 saturated carbocycles. The third-order valence-electron chi connectivity index (χ3n) is 5.60. The van der Waals surface area contributed by atoms with E-state index in [1.165, 1.54) is 0 Å². The van der Waals surface area contributed by atoms with E-state index in [2.05, 4.69) is 44.5 Å². The number of hydrogen-bond donors (Lipinski definition) is 0. The van der Waals surface area contributed by atoms with E-state index in [4.69, 9.17) is 0 Å². The van der Waals surface area contributed by atoms with E-state index in [0.717, 1.165) is 63.5 Å². The van der Waals surface area contributed by atoms with E-state index in [1.807, 2.05) is 11.1 Å². The lowest BCUT2D eigenvalue weighted by Gasteiger charge is -2.33. The summed E-state index contributed by atoms with van der Waals surface area (Å²) in [5.74, 6) is 2.32. The van der Waals surface area contributed by atoms with Crippen LogP contribution in [0.5, 0.6) is 0 Å². The molecule has 4 rings (SSSR count). The van der Waals surface area contributed by atoms with Crippen LogP contribution in [0.3, 0.4) is 0 Å². The number of hydrogen-bond acceptors (Lipinski definition) is 5. The van der Waals surface area contributed by atoms with E-state index in [0.29, 0.717) is 17.7 Å². The predicted molar refractivity (Wildman–Crippen MR) is 104 cm³/mol. The first-order chi connectivity index (χ1) is 13.1. The number of piperidine rings is 1. The maximum Gasteiger partial charge on any atom is 0.274 e. The van der Waals surface area contributed by atoms with E-state index < -0.39 is 0 Å². The van der Waals surface area contributed by atoms with Crippen molar-refractivity contribution in [2.24, 2.45) is 0 Å². The van der Waals surface area contributed by atoms with Crippen molar-refractivity contribution in [2.45, 2.75) is 51.5 Å². The molecule has 27 heavy (non-hydrogen) atoms. The summed E-state index contributed by atoms with van der Waals surface area (Å²) in [5.41, 5.74) is 0.459. The molecule has 2 fully saturated rings. The summed E-state index contributed by atoms with van der Waals surface area (Å²) < 4.78 is 2.26. The van der Waals surface area contributed by atoms with Crippen molar-refractivity contribution in [2.75, 3.05) is 31.1 Å². The summed E-state index contributed by atoms with van der Waals surface area (Å²) in [6.07, 6.45) is 11.7. The first-order valence-corrected chi connectivity index (χ1v) is 10.0. The summed E-state index contributed by atoms with van der Waals surface area (Å²) >= 11 is 0. The molecule has 2 aromatic heterocycles. The second-order valence-corrected chi connectivity index (χ2v) is 7.83. The molecule has 7 heteroatoms. The third-order valence-corrected chi connectivity index (χ3v) is 5.60. The van der Waals surface area contributed by atoms with Crippen molar-refractivity contribution in [1.29, 1.82) is 0 Å². The van der Waals surface area contributed by atoms with E-state index >= 15 is 0 Å². The van der Waals surface area contributed by atoms with Crippen molar-refractivity contribution in [1.82, 2.24) is 24.4 Å². The lowest BCUT2D eigenvalue weighted by molar-refractivity contribution is 0.0786. The van der Waals surface area contributed by atoms with Gasteiger partial charge in [-0.2, -0.15) is 0 Å². The normalized spacial score (nSPS) is 20.5. The smallest absolute Gasteiger partial charge is 0.274 e. The van der Waals surface area contributed by atoms with Gasteiger partial charge in [0.2, 0.25) is 0 Å². The number of amides is 1. The molecular weight excluding hydrogens is 340 g/mol. The average Bonchev–Trinajstić information content (AvgIpc) is 3.39. The van der Waals surface area contributed by atoms with Gasteiger partial charge < -0.3 is 14.4 Å². The number of anilines is 1. The lowest BCUT2D eigenvalue weighted by Crippen LogP contribution is -2.36. The van der Waals surface area contributed by atoms with Gasteiger partial charge >= 0.3 is 0 Å². The van der Waals surface area contributed by atoms with E-state index in [1.54, 1.807) is 12.4 Å². The van der Waals surface area contributed by atoms with Crippen LogP contribution in [0.1, 0.15) is 67.8 Å². The molecular formula is C20H28N6O. The Balaban J connectivity index is 1.52. The molecule has 2 saturated heterocycles. The van der Waals surface area contributed by atoms with Crippen LogP contribution in [0.4, 0.5) is 5.82 Å². The largest absolute Gasteiger partial charge is 0.355 e. The second kappa shape index (κ2) is 7.66. The Labute approximate surface area is 160 Å². The molecule has 2 aliphatic heterocycles. The Morgan fingerprint density at radius 1 is 1.15 bits per heavy atom. The highest BCUT2D eigenvalue weighted by atomic mass is 16.2. The molecule has 7 nitrogen and oxygen atoms in total. The summed E-state index contributed by atoms with van der Waals surface area (Å²) in [6.45, 7) is 7.83. The molecule has 0 aromatic carbocycles. The topological polar surface area (TPSA) is 67.2 Å². The molecule has 0 spiro atoms. The molecule has 0 bridgehead atoms. The Kier molecular flexibility index (Phi) is 5.09. The van der Waals surface area contributed by atoms with Crippen LogP contribution in [-0.4, -0.2) is 56.5 Å². The molecule has 0 radical (unpaired) electrons. The molecule has 0 unspecified atom stereocenters. The fourth-order valence-electron chi connectivity index (χ4n) is 4.17. The molecule has 0 N–H and O–H groups in total. The minimum Gasteiger partial charge on any atom is -0.355 e. The minimum absolute atomic E-state index is 0.00533. The Morgan fingerprint density at radius 2 is 1.96 bits per heavy atom. The van der Waals surface area contributed by atoms with Crippen LogP contribution in [0.25, 0.3) is 0 Å². The molecule has 2 aliphatic rings. The van der Waals surface area contributed by atoms with Crippen molar-refractivity contribution in [3.05, 3.63) is 36.3 Å². The standard InChI is InChI=1S/C20H28N6O/c1-15(2)26-11-7-22-19(26)16-6-5-10-25(14-16)18-13-21-12-17(23-18)20(27)24-8-3-4-9-24/h7,11-13,15-16H,3-6,8-10,14H2,1-2H3/t16-/m0/s1. The third kappa shape index (κ3) is 3.68. The zero-order chi connectivity index (χ0) is 18.8. The number of nitrogens with zero attached hydrogens (tertiary/aromatic N) is 6. The number of aromatic nitrogens is 4. The van der Waals surface area contributed by atoms with Crippen LogP contribution in [0.2, 0.25) is 0 Å². The second-order valence-electron chi connectivity index (χ2n) is 7.83. The van der Waals surface area contributed by atoms with E-state index in [9.17, 15) is 4.79 Å². The number of likely N-dealkylation sites (tertiary alicyclic amines) is 1. The maximum absolute atomic E-state index is 12.6. The van der Waals surface area contributed by atoms with Crippen LogP contribution in [0.15, 0.2) is 24.8 Å². The number of carbonyl (C=O) groups excluding carboxylic acids is 1. The SMILES string of the molecule is CC(C)n1ccnc1[C@H]1CCCN(c2cncc(C(=O)N3CCCC3)n2)C1. The van der Waals surface area contributed by atoms with Gasteiger partial charge in [0.15, 0.2) is 0 Å². The molecule has 144 valence electrons. The summed E-state index contributed by atoms with van der Waals surface area (Å²) in [7, 11) is 0. The zero-order valence-corrected chi connectivity index (χ0v) is 16.2. The first kappa shape index (κ1) is 17.9. The van der Waals surface area contributed by atoms with Crippen molar-refractivity contribution < 1.29 is 4.79 Å². The highest BCUT2D eigenvalue weighted by Gasteiger charge is 2.27. The summed E-state index contributed by atoms with van der Waals surface area (Å²) in [6, 6.07) is 0.402. The summed E-state index contributed by atoms with van der Waals surface area (Å²) in [5, 5.41) is 0. The minimum atomic E-state index is 0.00533. The monoisotopic (exact) mass is 368 g/mol. The van der Waals surface area contributed by atoms with Crippen molar-refractivity contribution >= 4 is 11.7 Å². The van der Waals surface area contributed by atoms with Gasteiger partial charge in [-0.3, -0.25) is 9.78 Å². The van der Waals surface area contributed by atoms with Gasteiger partial charge in [0.1, 0.15) is 17.3 Å². The molecule has 4 heterocycles. The van der Waals surface area contributed by atoms with Gasteiger partial charge in [-0.25, -0.2) is 9.97 Å². The van der Waals surface area contributed by atoms with Gasteiger partial charge in [0, 0.05) is 50.5 Å². The highest BCUT2D eigenvalue weighted by Crippen LogP contribution is 2.29. The molecule has 0 aliphatic carbocycles. The van der Waals surface area contributed by atoms with E-state index in [-0.39, 0.29) is 5.91 Å². The average molecular weight is 368 g/mol. The van der Waals surface area contributed by atoms with Gasteiger partial charge in [-0.1, -0.05) is 0 Å². The first-order valence-electron chi connectivity index (χ1n) is 10.0. The van der Waals surface area contributed by atoms with Crippen LogP contribution in [-0.2, 0) is 0 Å². The number of imidazole rings is 1. The van der Waals surface area contributed by atoms with Crippen LogP contribution >= 0.6 is 0 Å². The Hall–Kier alpha value is -2.44. The maximum atomic E-state index is 12.6. The number of rotatable bonds is 4. The van der Waals surface area contributed by atoms with Crippen LogP contribution in [0, 0.1) is 0 Å². The molecule has 2 aromatic rings. The predicted octanol–water partition coefficient (Wildman–Crippen LogP) is 2.87. The zero-order valence-electron chi connectivity index (χ0n) is 16.2. The lowest BCUT2D eigenvalue weighted by atomic mass is 9.97. The quantitative estimate of drug-likeness (QED) is 0.830. The molecule has 1 atom stereocenters. The van der Waals surface area contributed by atoms with Gasteiger partial charge in [-0.15, -0.1) is 0 Å². The highest BCUT2D eigenvalue weighted by molar-refractivity contribution is 5.92. The number of carbonyl (C=O) groups is 1. The Bertz CT molecular complexity index is 795.